The second kappa shape index (κ2) is 7.01. The number of aromatic nitrogens is 1. The van der Waals surface area contributed by atoms with Crippen molar-refractivity contribution in [3.63, 3.8) is 0 Å². The van der Waals surface area contributed by atoms with Crippen LogP contribution in [0.4, 0.5) is 11.4 Å². The molecule has 1 fully saturated rings. The molecule has 0 radical (unpaired) electrons. The van der Waals surface area contributed by atoms with Crippen molar-refractivity contribution in [2.45, 2.75) is 20.8 Å². The molecule has 0 aliphatic carbocycles. The first-order valence-electron chi connectivity index (χ1n) is 8.22. The second-order valence-corrected chi connectivity index (χ2v) is 6.23. The maximum atomic E-state index is 12.5. The number of benzene rings is 1. The van der Waals surface area contributed by atoms with Crippen molar-refractivity contribution >= 4 is 17.3 Å². The van der Waals surface area contributed by atoms with Gasteiger partial charge in [-0.15, -0.1) is 0 Å². The number of nitrogens with zero attached hydrogens (tertiary/aromatic N) is 2. The largest absolute Gasteiger partial charge is 0.378 e. The Bertz CT molecular complexity index is 712. The minimum atomic E-state index is -0.182. The molecule has 0 bridgehead atoms. The lowest BCUT2D eigenvalue weighted by atomic mass is 10.0. The zero-order valence-electron chi connectivity index (χ0n) is 14.4. The number of hydrogen-bond acceptors (Lipinski definition) is 4. The van der Waals surface area contributed by atoms with Gasteiger partial charge in [0.2, 0.25) is 0 Å². The summed E-state index contributed by atoms with van der Waals surface area (Å²) >= 11 is 0. The van der Waals surface area contributed by atoms with Crippen molar-refractivity contribution < 1.29 is 9.53 Å². The van der Waals surface area contributed by atoms with Crippen LogP contribution in [0.5, 0.6) is 0 Å². The van der Waals surface area contributed by atoms with Crippen molar-refractivity contribution in [1.82, 2.24) is 4.98 Å². The van der Waals surface area contributed by atoms with Crippen LogP contribution in [0, 0.1) is 20.8 Å². The summed E-state index contributed by atoms with van der Waals surface area (Å²) < 4.78 is 5.35. The van der Waals surface area contributed by atoms with Gasteiger partial charge >= 0.3 is 0 Å². The predicted molar refractivity (Wildman–Crippen MR) is 95.9 cm³/mol. The average molecular weight is 325 g/mol. The first-order chi connectivity index (χ1) is 11.5. The van der Waals surface area contributed by atoms with Gasteiger partial charge in [-0.3, -0.25) is 4.79 Å². The van der Waals surface area contributed by atoms with Gasteiger partial charge in [-0.25, -0.2) is 4.98 Å². The lowest BCUT2D eigenvalue weighted by Gasteiger charge is -2.28. The number of anilines is 2. The summed E-state index contributed by atoms with van der Waals surface area (Å²) in [6.45, 7) is 9.24. The summed E-state index contributed by atoms with van der Waals surface area (Å²) in [6, 6.07) is 7.86. The number of rotatable bonds is 3. The lowest BCUT2D eigenvalue weighted by Crippen LogP contribution is -2.36. The van der Waals surface area contributed by atoms with Crippen molar-refractivity contribution in [3.8, 4) is 0 Å². The van der Waals surface area contributed by atoms with Gasteiger partial charge in [0.1, 0.15) is 5.69 Å². The molecule has 3 rings (SSSR count). The molecule has 1 amide bonds. The van der Waals surface area contributed by atoms with E-state index in [2.05, 4.69) is 34.3 Å². The van der Waals surface area contributed by atoms with E-state index in [1.807, 2.05) is 19.9 Å². The molecule has 1 aliphatic heterocycles. The summed E-state index contributed by atoms with van der Waals surface area (Å²) in [6.07, 6.45) is 1.76. The molecule has 1 aromatic carbocycles. The monoisotopic (exact) mass is 325 g/mol. The van der Waals surface area contributed by atoms with Gasteiger partial charge in [0.15, 0.2) is 0 Å². The van der Waals surface area contributed by atoms with Gasteiger partial charge < -0.3 is 15.0 Å². The third-order valence-electron chi connectivity index (χ3n) is 4.27. The van der Waals surface area contributed by atoms with E-state index in [-0.39, 0.29) is 5.91 Å². The van der Waals surface area contributed by atoms with Crippen LogP contribution in [-0.2, 0) is 4.74 Å². The summed E-state index contributed by atoms with van der Waals surface area (Å²) in [5.41, 5.74) is 5.63. The number of amides is 1. The number of ether oxygens (including phenoxy) is 1. The third kappa shape index (κ3) is 3.57. The Labute approximate surface area is 142 Å². The van der Waals surface area contributed by atoms with Gasteiger partial charge in [0.25, 0.3) is 5.91 Å². The van der Waals surface area contributed by atoms with Crippen LogP contribution in [-0.4, -0.2) is 37.2 Å². The van der Waals surface area contributed by atoms with Crippen LogP contribution < -0.4 is 10.2 Å². The quantitative estimate of drug-likeness (QED) is 0.942. The van der Waals surface area contributed by atoms with E-state index in [9.17, 15) is 4.79 Å². The van der Waals surface area contributed by atoms with E-state index < -0.39 is 0 Å². The van der Waals surface area contributed by atoms with Crippen molar-refractivity contribution in [3.05, 3.63) is 52.8 Å². The molecule has 0 spiro atoms. The topological polar surface area (TPSA) is 54.5 Å². The van der Waals surface area contributed by atoms with E-state index in [1.165, 1.54) is 5.56 Å². The standard InChI is InChI=1S/C19H23N3O2/c1-13-10-14(2)18(15(3)11-13)21-19(23)17-5-4-16(12-20-17)22-6-8-24-9-7-22/h4-5,10-12H,6-9H2,1-3H3,(H,21,23). The van der Waals surface area contributed by atoms with Crippen LogP contribution >= 0.6 is 0 Å². The molecule has 24 heavy (non-hydrogen) atoms. The zero-order valence-corrected chi connectivity index (χ0v) is 14.4. The normalized spacial score (nSPS) is 14.5. The summed E-state index contributed by atoms with van der Waals surface area (Å²) in [7, 11) is 0. The summed E-state index contributed by atoms with van der Waals surface area (Å²) in [5.74, 6) is -0.182. The van der Waals surface area contributed by atoms with E-state index in [0.29, 0.717) is 5.69 Å². The number of carbonyl (C=O) groups is 1. The second-order valence-electron chi connectivity index (χ2n) is 6.23. The maximum Gasteiger partial charge on any atom is 0.274 e. The summed E-state index contributed by atoms with van der Waals surface area (Å²) in [5, 5.41) is 2.99. The molecule has 1 aliphatic rings. The van der Waals surface area contributed by atoms with E-state index in [0.717, 1.165) is 48.8 Å². The number of hydrogen-bond donors (Lipinski definition) is 1. The predicted octanol–water partition coefficient (Wildman–Crippen LogP) is 3.10. The molecule has 0 unspecified atom stereocenters. The summed E-state index contributed by atoms with van der Waals surface area (Å²) in [4.78, 5) is 19.0. The maximum absolute atomic E-state index is 12.5. The fourth-order valence-corrected chi connectivity index (χ4v) is 3.08. The average Bonchev–Trinajstić information content (AvgIpc) is 2.59. The van der Waals surface area contributed by atoms with Gasteiger partial charge in [-0.2, -0.15) is 0 Å². The molecule has 5 nitrogen and oxygen atoms in total. The highest BCUT2D eigenvalue weighted by atomic mass is 16.5. The lowest BCUT2D eigenvalue weighted by molar-refractivity contribution is 0.102. The zero-order chi connectivity index (χ0) is 17.1. The van der Waals surface area contributed by atoms with Crippen LogP contribution in [0.2, 0.25) is 0 Å². The molecule has 1 saturated heterocycles. The fraction of sp³-hybridized carbons (Fsp3) is 0.368. The molecule has 1 aromatic heterocycles. The fourth-order valence-electron chi connectivity index (χ4n) is 3.08. The highest BCUT2D eigenvalue weighted by Crippen LogP contribution is 2.23. The molecular formula is C19H23N3O2. The molecule has 1 N–H and O–H groups in total. The first-order valence-corrected chi connectivity index (χ1v) is 8.22. The number of aryl methyl sites for hydroxylation is 3. The molecule has 126 valence electrons. The van der Waals surface area contributed by atoms with E-state index in [1.54, 1.807) is 12.3 Å². The molecular weight excluding hydrogens is 302 g/mol. The molecule has 2 heterocycles. The van der Waals surface area contributed by atoms with Gasteiger partial charge in [-0.1, -0.05) is 17.7 Å². The number of carbonyl (C=O) groups excluding carboxylic acids is 1. The Balaban J connectivity index is 1.73. The highest BCUT2D eigenvalue weighted by molar-refractivity contribution is 6.03. The van der Waals surface area contributed by atoms with Crippen LogP contribution in [0.3, 0.4) is 0 Å². The minimum absolute atomic E-state index is 0.182. The van der Waals surface area contributed by atoms with E-state index in [4.69, 9.17) is 4.74 Å². The van der Waals surface area contributed by atoms with Crippen molar-refractivity contribution in [2.75, 3.05) is 36.5 Å². The molecule has 2 aromatic rings. The van der Waals surface area contributed by atoms with Crippen LogP contribution in [0.25, 0.3) is 0 Å². The van der Waals surface area contributed by atoms with Crippen molar-refractivity contribution in [1.29, 1.82) is 0 Å². The Morgan fingerprint density at radius 2 is 1.79 bits per heavy atom. The number of nitrogens with one attached hydrogen (secondary N) is 1. The molecule has 5 heteroatoms. The minimum Gasteiger partial charge on any atom is -0.378 e. The van der Waals surface area contributed by atoms with Gasteiger partial charge in [-0.05, 0) is 44.0 Å². The van der Waals surface area contributed by atoms with E-state index >= 15 is 0 Å². The Morgan fingerprint density at radius 3 is 2.38 bits per heavy atom. The Morgan fingerprint density at radius 1 is 1.12 bits per heavy atom. The number of pyridine rings is 1. The van der Waals surface area contributed by atoms with Gasteiger partial charge in [0.05, 0.1) is 25.1 Å². The smallest absolute Gasteiger partial charge is 0.274 e. The van der Waals surface area contributed by atoms with Crippen molar-refractivity contribution in [2.24, 2.45) is 0 Å². The highest BCUT2D eigenvalue weighted by Gasteiger charge is 2.14. The Kier molecular flexibility index (Phi) is 4.81. The molecule has 0 saturated carbocycles. The van der Waals surface area contributed by atoms with Crippen LogP contribution in [0.1, 0.15) is 27.2 Å². The third-order valence-corrected chi connectivity index (χ3v) is 4.27. The Hall–Kier alpha value is -2.40. The number of morpholine rings is 1. The SMILES string of the molecule is Cc1cc(C)c(NC(=O)c2ccc(N3CCOCC3)cn2)c(C)c1. The molecule has 0 atom stereocenters. The van der Waals surface area contributed by atoms with Gasteiger partial charge in [0, 0.05) is 18.8 Å². The first kappa shape index (κ1) is 16.5. The van der Waals surface area contributed by atoms with Crippen LogP contribution in [0.15, 0.2) is 30.5 Å².